The molecule has 1 N–H and O–H groups in total. The Hall–Kier alpha value is -2.38. The van der Waals surface area contributed by atoms with Crippen molar-refractivity contribution in [1.29, 1.82) is 0 Å². The summed E-state index contributed by atoms with van der Waals surface area (Å²) in [6, 6.07) is 3.74. The van der Waals surface area contributed by atoms with Crippen LogP contribution in [0.1, 0.15) is 43.7 Å². The number of nitrogens with one attached hydrogen (secondary N) is 1. The average Bonchev–Trinajstić information content (AvgIpc) is 2.79. The summed E-state index contributed by atoms with van der Waals surface area (Å²) in [5.41, 5.74) is -1.29. The van der Waals surface area contributed by atoms with Crippen LogP contribution in [-0.4, -0.2) is 28.7 Å². The molecule has 1 aromatic carbocycles. The second-order valence-electron chi connectivity index (χ2n) is 6.68. The lowest BCUT2D eigenvalue weighted by atomic mass is 9.77. The maximum atomic E-state index is 12.6. The molecule has 0 radical (unpaired) electrons. The van der Waals surface area contributed by atoms with Crippen molar-refractivity contribution in [2.45, 2.75) is 44.3 Å². The molecule has 3 rings (SSSR count). The van der Waals surface area contributed by atoms with Crippen LogP contribution in [0.15, 0.2) is 29.4 Å². The number of benzene rings is 1. The van der Waals surface area contributed by atoms with E-state index in [0.717, 1.165) is 30.0 Å². The number of imide groups is 1. The Morgan fingerprint density at radius 1 is 1.20 bits per heavy atom. The Labute approximate surface area is 142 Å². The summed E-state index contributed by atoms with van der Waals surface area (Å²) in [7, 11) is 0. The Morgan fingerprint density at radius 3 is 2.36 bits per heavy atom. The van der Waals surface area contributed by atoms with Crippen LogP contribution in [0.5, 0.6) is 0 Å². The van der Waals surface area contributed by atoms with Crippen molar-refractivity contribution in [3.05, 3.63) is 35.4 Å². The normalized spacial score (nSPS) is 27.4. The molecule has 1 spiro atoms. The molecule has 8 heteroatoms. The molecule has 25 heavy (non-hydrogen) atoms. The molecule has 1 saturated heterocycles. The number of carbonyl (C=O) groups is 2. The van der Waals surface area contributed by atoms with E-state index >= 15 is 0 Å². The van der Waals surface area contributed by atoms with Gasteiger partial charge < -0.3 is 5.32 Å². The van der Waals surface area contributed by atoms with Gasteiger partial charge in [0.2, 0.25) is 0 Å². The highest BCUT2D eigenvalue weighted by molar-refractivity contribution is 6.07. The van der Waals surface area contributed by atoms with Crippen LogP contribution in [0.25, 0.3) is 0 Å². The fourth-order valence-corrected chi connectivity index (χ4v) is 3.19. The fourth-order valence-electron chi connectivity index (χ4n) is 3.19. The number of rotatable bonds is 2. The second kappa shape index (κ2) is 6.16. The zero-order valence-corrected chi connectivity index (χ0v) is 13.6. The first-order valence-corrected chi connectivity index (χ1v) is 8.09. The number of nitrogens with zero attached hydrogens (tertiary/aromatic N) is 2. The van der Waals surface area contributed by atoms with Gasteiger partial charge in [0.15, 0.2) is 0 Å². The van der Waals surface area contributed by atoms with Crippen molar-refractivity contribution in [2.75, 3.05) is 0 Å². The summed E-state index contributed by atoms with van der Waals surface area (Å²) in [5.74, 6) is 0.118. The van der Waals surface area contributed by atoms with Crippen LogP contribution in [0.3, 0.4) is 0 Å². The van der Waals surface area contributed by atoms with Gasteiger partial charge in [-0.1, -0.05) is 19.1 Å². The maximum absolute atomic E-state index is 12.6. The monoisotopic (exact) mass is 353 g/mol. The van der Waals surface area contributed by atoms with Crippen LogP contribution in [0, 0.1) is 5.92 Å². The van der Waals surface area contributed by atoms with Crippen LogP contribution in [0.2, 0.25) is 0 Å². The van der Waals surface area contributed by atoms with Gasteiger partial charge in [0.05, 0.1) is 11.8 Å². The first-order valence-electron chi connectivity index (χ1n) is 8.09. The Balaban J connectivity index is 1.73. The van der Waals surface area contributed by atoms with Gasteiger partial charge in [-0.15, -0.1) is 5.01 Å². The van der Waals surface area contributed by atoms with E-state index in [0.29, 0.717) is 24.3 Å². The van der Waals surface area contributed by atoms with Gasteiger partial charge in [-0.3, -0.25) is 4.79 Å². The summed E-state index contributed by atoms with van der Waals surface area (Å²) in [4.78, 5) is 24.7. The van der Waals surface area contributed by atoms with E-state index in [1.54, 1.807) is 0 Å². The minimum absolute atomic E-state index is 0.367. The standard InChI is InChI=1S/C17H18F3N3O2/c1-11-6-8-16(9-7-11)14(24)23(15(25)22-16)21-10-12-2-4-13(5-3-12)17(18,19)20/h2-5,10-11H,6-9H2,1H3,(H,22,25). The van der Waals surface area contributed by atoms with Crippen LogP contribution < -0.4 is 5.32 Å². The largest absolute Gasteiger partial charge is 0.416 e. The van der Waals surface area contributed by atoms with Gasteiger partial charge in [0, 0.05) is 0 Å². The lowest BCUT2D eigenvalue weighted by molar-refractivity contribution is -0.137. The Morgan fingerprint density at radius 2 is 1.80 bits per heavy atom. The highest BCUT2D eigenvalue weighted by Gasteiger charge is 2.52. The summed E-state index contributed by atoms with van der Waals surface area (Å²) < 4.78 is 37.6. The number of hydrogen-bond donors (Lipinski definition) is 1. The predicted octanol–water partition coefficient (Wildman–Crippen LogP) is 3.54. The first kappa shape index (κ1) is 17.4. The molecule has 0 unspecified atom stereocenters. The van der Waals surface area contributed by atoms with Crippen LogP contribution in [0.4, 0.5) is 18.0 Å². The molecule has 134 valence electrons. The zero-order chi connectivity index (χ0) is 18.2. The molecule has 1 aliphatic heterocycles. The van der Waals surface area contributed by atoms with Gasteiger partial charge >= 0.3 is 12.2 Å². The van der Waals surface area contributed by atoms with Gasteiger partial charge in [0.25, 0.3) is 5.91 Å². The molecule has 3 amide bonds. The molecular weight excluding hydrogens is 335 g/mol. The smallest absolute Gasteiger partial charge is 0.321 e. The number of urea groups is 1. The van der Waals surface area contributed by atoms with Gasteiger partial charge in [0.1, 0.15) is 5.54 Å². The number of halogens is 3. The molecule has 1 aliphatic carbocycles. The van der Waals surface area contributed by atoms with E-state index in [2.05, 4.69) is 17.3 Å². The van der Waals surface area contributed by atoms with Crippen LogP contribution >= 0.6 is 0 Å². The molecule has 2 fully saturated rings. The maximum Gasteiger partial charge on any atom is 0.416 e. The lowest BCUT2D eigenvalue weighted by Gasteiger charge is -2.33. The minimum Gasteiger partial charge on any atom is -0.321 e. The van der Waals surface area contributed by atoms with Crippen molar-refractivity contribution >= 4 is 18.2 Å². The minimum atomic E-state index is -4.41. The van der Waals surface area contributed by atoms with E-state index < -0.39 is 29.2 Å². The van der Waals surface area contributed by atoms with E-state index in [1.807, 2.05) is 0 Å². The molecule has 2 aliphatic rings. The Kier molecular flexibility index (Phi) is 4.30. The predicted molar refractivity (Wildman–Crippen MR) is 84.8 cm³/mol. The lowest BCUT2D eigenvalue weighted by Crippen LogP contribution is -2.49. The number of hydrogen-bond acceptors (Lipinski definition) is 3. The van der Waals surface area contributed by atoms with Gasteiger partial charge in [-0.25, -0.2) is 4.79 Å². The highest BCUT2D eigenvalue weighted by Crippen LogP contribution is 2.36. The third-order valence-corrected chi connectivity index (χ3v) is 4.83. The van der Waals surface area contributed by atoms with Crippen molar-refractivity contribution in [3.63, 3.8) is 0 Å². The van der Waals surface area contributed by atoms with E-state index in [9.17, 15) is 22.8 Å². The van der Waals surface area contributed by atoms with Crippen molar-refractivity contribution in [2.24, 2.45) is 11.0 Å². The second-order valence-corrected chi connectivity index (χ2v) is 6.68. The van der Waals surface area contributed by atoms with Crippen molar-refractivity contribution in [3.8, 4) is 0 Å². The first-order chi connectivity index (χ1) is 11.7. The third kappa shape index (κ3) is 3.38. The van der Waals surface area contributed by atoms with Crippen LogP contribution in [-0.2, 0) is 11.0 Å². The Bertz CT molecular complexity index is 705. The molecule has 1 saturated carbocycles. The van der Waals surface area contributed by atoms with Crippen molar-refractivity contribution in [1.82, 2.24) is 10.3 Å². The number of alkyl halides is 3. The highest BCUT2D eigenvalue weighted by atomic mass is 19.4. The molecule has 0 bridgehead atoms. The zero-order valence-electron chi connectivity index (χ0n) is 13.6. The molecule has 1 heterocycles. The fraction of sp³-hybridized carbons (Fsp3) is 0.471. The molecular formula is C17H18F3N3O2. The van der Waals surface area contributed by atoms with E-state index in [4.69, 9.17) is 0 Å². The summed E-state index contributed by atoms with van der Waals surface area (Å²) in [6.07, 6.45) is -0.353. The quantitative estimate of drug-likeness (QED) is 0.653. The molecule has 0 atom stereocenters. The summed E-state index contributed by atoms with van der Waals surface area (Å²) in [5, 5.41) is 7.38. The molecule has 5 nitrogen and oxygen atoms in total. The van der Waals surface area contributed by atoms with Gasteiger partial charge in [-0.05, 0) is 49.3 Å². The molecule has 0 aromatic heterocycles. The topological polar surface area (TPSA) is 61.8 Å². The third-order valence-electron chi connectivity index (χ3n) is 4.83. The number of hydrazone groups is 1. The van der Waals surface area contributed by atoms with Gasteiger partial charge in [-0.2, -0.15) is 18.3 Å². The SMILES string of the molecule is CC1CCC2(CC1)NC(=O)N(N=Cc1ccc(C(F)(F)F)cc1)C2=O. The van der Waals surface area contributed by atoms with E-state index in [-0.39, 0.29) is 0 Å². The van der Waals surface area contributed by atoms with E-state index in [1.165, 1.54) is 18.3 Å². The number of carbonyl (C=O) groups excluding carboxylic acids is 2. The average molecular weight is 353 g/mol. The number of amides is 3. The van der Waals surface area contributed by atoms with Crippen molar-refractivity contribution < 1.29 is 22.8 Å². The molecule has 1 aromatic rings. The summed E-state index contributed by atoms with van der Waals surface area (Å²) >= 11 is 0. The summed E-state index contributed by atoms with van der Waals surface area (Å²) in [6.45, 7) is 2.11.